The Kier molecular flexibility index (Phi) is 6.55. The summed E-state index contributed by atoms with van der Waals surface area (Å²) >= 11 is 0. The smallest absolute Gasteiger partial charge is 0.249 e. The van der Waals surface area contributed by atoms with Crippen LogP contribution < -0.4 is 16.2 Å². The van der Waals surface area contributed by atoms with E-state index in [0.717, 1.165) is 19.5 Å². The molecular formula is C16H28N2O3. The molecule has 21 heavy (non-hydrogen) atoms. The van der Waals surface area contributed by atoms with Crippen molar-refractivity contribution in [2.75, 3.05) is 45.2 Å². The third-order valence-electron chi connectivity index (χ3n) is 3.43. The average molecular weight is 296 g/mol. The SMILES string of the molecule is CCCN(C)CCOCCNc1c(C(C)(C)C)c(=O)c1=O. The molecule has 0 radical (unpaired) electrons. The van der Waals surface area contributed by atoms with Gasteiger partial charge in [0.1, 0.15) is 0 Å². The fourth-order valence-electron chi connectivity index (χ4n) is 2.34. The Morgan fingerprint density at radius 3 is 2.33 bits per heavy atom. The molecule has 0 saturated heterocycles. The van der Waals surface area contributed by atoms with E-state index in [9.17, 15) is 9.59 Å². The molecule has 5 heteroatoms. The van der Waals surface area contributed by atoms with E-state index in [1.54, 1.807) is 0 Å². The Bertz CT molecular complexity index is 510. The van der Waals surface area contributed by atoms with Gasteiger partial charge in [-0.1, -0.05) is 27.7 Å². The number of hydrogen-bond acceptors (Lipinski definition) is 5. The molecule has 0 heterocycles. The molecule has 1 aromatic rings. The van der Waals surface area contributed by atoms with Crippen molar-refractivity contribution < 1.29 is 4.74 Å². The van der Waals surface area contributed by atoms with Crippen molar-refractivity contribution >= 4 is 5.69 Å². The van der Waals surface area contributed by atoms with E-state index in [4.69, 9.17) is 4.74 Å². The van der Waals surface area contributed by atoms with Gasteiger partial charge in [0.25, 0.3) is 0 Å². The lowest BCUT2D eigenvalue weighted by Gasteiger charge is -2.24. The number of likely N-dealkylation sites (N-methyl/N-ethyl adjacent to an activating group) is 1. The molecule has 0 spiro atoms. The lowest BCUT2D eigenvalue weighted by Crippen LogP contribution is -2.43. The molecule has 0 aliphatic heterocycles. The predicted octanol–water partition coefficient (Wildman–Crippen LogP) is 1.35. The first kappa shape index (κ1) is 17.9. The number of nitrogens with one attached hydrogen (secondary N) is 1. The van der Waals surface area contributed by atoms with E-state index in [2.05, 4.69) is 24.2 Å². The van der Waals surface area contributed by atoms with Crippen LogP contribution in [0.15, 0.2) is 9.59 Å². The fourth-order valence-corrected chi connectivity index (χ4v) is 2.34. The van der Waals surface area contributed by atoms with Crippen LogP contribution in [0.4, 0.5) is 5.69 Å². The highest BCUT2D eigenvalue weighted by Gasteiger charge is 2.29. The van der Waals surface area contributed by atoms with Crippen LogP contribution in [0.5, 0.6) is 0 Å². The molecule has 0 aliphatic carbocycles. The van der Waals surface area contributed by atoms with Crippen molar-refractivity contribution in [1.82, 2.24) is 4.90 Å². The lowest BCUT2D eigenvalue weighted by molar-refractivity contribution is 0.119. The maximum atomic E-state index is 11.6. The molecule has 5 nitrogen and oxygen atoms in total. The van der Waals surface area contributed by atoms with Crippen LogP contribution in [0.2, 0.25) is 0 Å². The van der Waals surface area contributed by atoms with Gasteiger partial charge in [0.05, 0.1) is 18.9 Å². The first-order valence-electron chi connectivity index (χ1n) is 7.63. The first-order valence-corrected chi connectivity index (χ1v) is 7.63. The van der Waals surface area contributed by atoms with E-state index in [-0.39, 0.29) is 10.8 Å². The molecule has 0 unspecified atom stereocenters. The Labute approximate surface area is 127 Å². The highest BCUT2D eigenvalue weighted by molar-refractivity contribution is 5.59. The molecule has 0 atom stereocenters. The van der Waals surface area contributed by atoms with Crippen LogP contribution in [-0.2, 0) is 10.2 Å². The molecule has 0 amide bonds. The quantitative estimate of drug-likeness (QED) is 0.550. The van der Waals surface area contributed by atoms with Gasteiger partial charge in [-0.05, 0) is 25.4 Å². The third-order valence-corrected chi connectivity index (χ3v) is 3.43. The molecule has 0 fully saturated rings. The fraction of sp³-hybridized carbons (Fsp3) is 0.750. The maximum Gasteiger partial charge on any atom is 0.249 e. The summed E-state index contributed by atoms with van der Waals surface area (Å²) in [5.74, 6) is 0. The normalized spacial score (nSPS) is 12.3. The van der Waals surface area contributed by atoms with Gasteiger partial charge in [0.2, 0.25) is 10.9 Å². The van der Waals surface area contributed by atoms with Gasteiger partial charge in [0, 0.05) is 18.7 Å². The number of rotatable bonds is 9. The van der Waals surface area contributed by atoms with E-state index < -0.39 is 5.43 Å². The number of nitrogens with zero attached hydrogens (tertiary/aromatic N) is 1. The van der Waals surface area contributed by atoms with Gasteiger partial charge in [-0.15, -0.1) is 0 Å². The molecule has 0 aliphatic rings. The second-order valence-corrected chi connectivity index (χ2v) is 6.50. The monoisotopic (exact) mass is 296 g/mol. The minimum absolute atomic E-state index is 0.295. The van der Waals surface area contributed by atoms with Crippen molar-refractivity contribution in [1.29, 1.82) is 0 Å². The average Bonchev–Trinajstić information content (AvgIpc) is 2.39. The standard InChI is InChI=1S/C16H28N2O3/c1-6-8-18(5)9-11-21-10-7-17-13-12(16(2,3)4)14(19)15(13)20/h17H,6-11H2,1-5H3. The zero-order chi connectivity index (χ0) is 16.0. The van der Waals surface area contributed by atoms with Crippen LogP contribution in [0.3, 0.4) is 0 Å². The third kappa shape index (κ3) is 4.93. The van der Waals surface area contributed by atoms with Gasteiger partial charge < -0.3 is 15.0 Å². The molecule has 1 rings (SSSR count). The summed E-state index contributed by atoms with van der Waals surface area (Å²) in [6.45, 7) is 11.7. The summed E-state index contributed by atoms with van der Waals surface area (Å²) in [7, 11) is 2.07. The number of ether oxygens (including phenoxy) is 1. The van der Waals surface area contributed by atoms with Crippen molar-refractivity contribution in [3.05, 3.63) is 26.0 Å². The van der Waals surface area contributed by atoms with Crippen LogP contribution in [-0.4, -0.2) is 44.8 Å². The predicted molar refractivity (Wildman–Crippen MR) is 87.2 cm³/mol. The second kappa shape index (κ2) is 7.71. The molecular weight excluding hydrogens is 268 g/mol. The maximum absolute atomic E-state index is 11.6. The first-order chi connectivity index (χ1) is 9.79. The van der Waals surface area contributed by atoms with Crippen LogP contribution in [0.1, 0.15) is 39.7 Å². The topological polar surface area (TPSA) is 58.6 Å². The van der Waals surface area contributed by atoms with Crippen molar-refractivity contribution in [2.24, 2.45) is 0 Å². The van der Waals surface area contributed by atoms with Crippen LogP contribution in [0.25, 0.3) is 0 Å². The summed E-state index contributed by atoms with van der Waals surface area (Å²) in [4.78, 5) is 25.4. The van der Waals surface area contributed by atoms with E-state index in [1.165, 1.54) is 0 Å². The van der Waals surface area contributed by atoms with E-state index >= 15 is 0 Å². The van der Waals surface area contributed by atoms with E-state index in [0.29, 0.717) is 31.0 Å². The number of anilines is 1. The summed E-state index contributed by atoms with van der Waals surface area (Å²) in [6, 6.07) is 0. The molecule has 1 N–H and O–H groups in total. The zero-order valence-electron chi connectivity index (χ0n) is 13.9. The zero-order valence-corrected chi connectivity index (χ0v) is 13.9. The Morgan fingerprint density at radius 1 is 1.10 bits per heavy atom. The summed E-state index contributed by atoms with van der Waals surface area (Å²) in [5.41, 5.74) is 0.0286. The molecule has 1 aromatic carbocycles. The van der Waals surface area contributed by atoms with Gasteiger partial charge in [-0.3, -0.25) is 9.59 Å². The summed E-state index contributed by atoms with van der Waals surface area (Å²) in [5, 5.41) is 3.04. The highest BCUT2D eigenvalue weighted by atomic mass is 16.5. The minimum atomic E-state index is -0.400. The van der Waals surface area contributed by atoms with Gasteiger partial charge in [-0.25, -0.2) is 0 Å². The second-order valence-electron chi connectivity index (χ2n) is 6.50. The lowest BCUT2D eigenvalue weighted by atomic mass is 9.82. The van der Waals surface area contributed by atoms with Gasteiger partial charge in [-0.2, -0.15) is 0 Å². The highest BCUT2D eigenvalue weighted by Crippen LogP contribution is 2.25. The van der Waals surface area contributed by atoms with Gasteiger partial charge >= 0.3 is 0 Å². The summed E-state index contributed by atoms with van der Waals surface area (Å²) < 4.78 is 5.53. The molecule has 0 bridgehead atoms. The van der Waals surface area contributed by atoms with Crippen molar-refractivity contribution in [2.45, 2.75) is 39.5 Å². The van der Waals surface area contributed by atoms with E-state index in [1.807, 2.05) is 20.8 Å². The van der Waals surface area contributed by atoms with Crippen molar-refractivity contribution in [3.8, 4) is 0 Å². The number of hydrogen-bond donors (Lipinski definition) is 1. The summed E-state index contributed by atoms with van der Waals surface area (Å²) in [6.07, 6.45) is 1.14. The Hall–Kier alpha value is -1.20. The van der Waals surface area contributed by atoms with Crippen molar-refractivity contribution in [3.63, 3.8) is 0 Å². The van der Waals surface area contributed by atoms with Crippen LogP contribution >= 0.6 is 0 Å². The van der Waals surface area contributed by atoms with Gasteiger partial charge in [0.15, 0.2) is 0 Å². The Morgan fingerprint density at radius 2 is 1.76 bits per heavy atom. The largest absolute Gasteiger partial charge is 0.379 e. The Balaban J connectivity index is 2.30. The van der Waals surface area contributed by atoms with Crippen LogP contribution in [0, 0.1) is 0 Å². The molecule has 120 valence electrons. The molecule has 0 saturated carbocycles. The minimum Gasteiger partial charge on any atom is -0.379 e. The molecule has 0 aromatic heterocycles.